The Morgan fingerprint density at radius 3 is 2.36 bits per heavy atom. The highest BCUT2D eigenvalue weighted by molar-refractivity contribution is 7.89. The molecule has 0 atom stereocenters. The molecule has 3 aromatic rings. The maximum atomic E-state index is 13.0. The summed E-state index contributed by atoms with van der Waals surface area (Å²) in [6.45, 7) is 2.11. The number of nitrogens with one attached hydrogen (secondary N) is 1. The Bertz CT molecular complexity index is 1200. The molecule has 0 unspecified atom stereocenters. The van der Waals surface area contributed by atoms with E-state index in [1.807, 2.05) is 17.5 Å². The first-order chi connectivity index (χ1) is 15.9. The highest BCUT2D eigenvalue weighted by Crippen LogP contribution is 2.28. The largest absolute Gasteiger partial charge is 0.298 e. The van der Waals surface area contributed by atoms with E-state index in [9.17, 15) is 13.2 Å². The summed E-state index contributed by atoms with van der Waals surface area (Å²) < 4.78 is 27.5. The van der Waals surface area contributed by atoms with Crippen molar-refractivity contribution in [1.82, 2.24) is 9.29 Å². The fourth-order valence-corrected chi connectivity index (χ4v) is 6.26. The average Bonchev–Trinajstić information content (AvgIpc) is 3.32. The van der Waals surface area contributed by atoms with E-state index >= 15 is 0 Å². The highest BCUT2D eigenvalue weighted by Gasteiger charge is 2.29. The van der Waals surface area contributed by atoms with Crippen molar-refractivity contribution in [3.05, 3.63) is 65.0 Å². The van der Waals surface area contributed by atoms with Crippen LogP contribution in [0.5, 0.6) is 0 Å². The molecule has 6 nitrogen and oxygen atoms in total. The Labute approximate surface area is 199 Å². The van der Waals surface area contributed by atoms with E-state index in [2.05, 4.69) is 29.4 Å². The van der Waals surface area contributed by atoms with Crippen LogP contribution < -0.4 is 5.32 Å². The molecule has 4 rings (SSSR count). The average molecular weight is 484 g/mol. The quantitative estimate of drug-likeness (QED) is 0.476. The molecule has 1 saturated carbocycles. The molecule has 1 N–H and O–H groups in total. The van der Waals surface area contributed by atoms with Crippen molar-refractivity contribution in [1.29, 1.82) is 0 Å². The monoisotopic (exact) mass is 483 g/mol. The van der Waals surface area contributed by atoms with E-state index in [1.54, 1.807) is 19.2 Å². The minimum atomic E-state index is -3.58. The van der Waals surface area contributed by atoms with Gasteiger partial charge < -0.3 is 0 Å². The smallest absolute Gasteiger partial charge is 0.257 e. The molecule has 0 saturated heterocycles. The summed E-state index contributed by atoms with van der Waals surface area (Å²) in [5, 5.41) is 5.23. The number of sulfonamides is 1. The Kier molecular flexibility index (Phi) is 7.26. The van der Waals surface area contributed by atoms with E-state index < -0.39 is 10.0 Å². The summed E-state index contributed by atoms with van der Waals surface area (Å²) in [5.41, 5.74) is 3.46. The molecule has 1 amide bonds. The van der Waals surface area contributed by atoms with Gasteiger partial charge in [0.1, 0.15) is 0 Å². The van der Waals surface area contributed by atoms with Crippen molar-refractivity contribution < 1.29 is 13.2 Å². The minimum absolute atomic E-state index is 0.0454. The van der Waals surface area contributed by atoms with Gasteiger partial charge in [-0.25, -0.2) is 13.4 Å². The fraction of sp³-hybridized carbons (Fsp3) is 0.360. The number of amides is 1. The second-order valence-corrected chi connectivity index (χ2v) is 11.2. The van der Waals surface area contributed by atoms with Crippen LogP contribution in [-0.4, -0.2) is 36.7 Å². The lowest BCUT2D eigenvalue weighted by atomic mass is 9.96. The van der Waals surface area contributed by atoms with Crippen molar-refractivity contribution in [2.45, 2.75) is 56.4 Å². The van der Waals surface area contributed by atoms with E-state index in [-0.39, 0.29) is 16.8 Å². The normalized spacial score (nSPS) is 15.0. The lowest BCUT2D eigenvalue weighted by Crippen LogP contribution is -2.38. The van der Waals surface area contributed by atoms with Crippen LogP contribution in [0.1, 0.15) is 54.9 Å². The Morgan fingerprint density at radius 2 is 1.73 bits per heavy atom. The van der Waals surface area contributed by atoms with Gasteiger partial charge in [0.15, 0.2) is 5.13 Å². The zero-order valence-corrected chi connectivity index (χ0v) is 20.6. The number of hydrogen-bond donors (Lipinski definition) is 1. The maximum Gasteiger partial charge on any atom is 0.257 e. The number of benzene rings is 2. The van der Waals surface area contributed by atoms with E-state index in [0.717, 1.165) is 43.4 Å². The van der Waals surface area contributed by atoms with Gasteiger partial charge in [-0.1, -0.05) is 50.5 Å². The van der Waals surface area contributed by atoms with Crippen molar-refractivity contribution in [2.75, 3.05) is 12.4 Å². The van der Waals surface area contributed by atoms with Gasteiger partial charge in [-0.3, -0.25) is 10.1 Å². The molecule has 33 heavy (non-hydrogen) atoms. The third-order valence-electron chi connectivity index (χ3n) is 6.27. The molecular weight excluding hydrogens is 454 g/mol. The third-order valence-corrected chi connectivity index (χ3v) is 8.95. The number of aromatic nitrogens is 1. The van der Waals surface area contributed by atoms with E-state index in [0.29, 0.717) is 10.7 Å². The second kappa shape index (κ2) is 10.2. The molecule has 1 aliphatic carbocycles. The van der Waals surface area contributed by atoms with Crippen LogP contribution >= 0.6 is 11.3 Å². The molecule has 1 aliphatic rings. The lowest BCUT2D eigenvalue weighted by molar-refractivity contribution is 0.102. The number of carbonyl (C=O) groups excluding carboxylic acids is 1. The lowest BCUT2D eigenvalue weighted by Gasteiger charge is -2.30. The second-order valence-electron chi connectivity index (χ2n) is 8.38. The number of nitrogens with zero attached hydrogens (tertiary/aromatic N) is 2. The van der Waals surface area contributed by atoms with Gasteiger partial charge in [0, 0.05) is 29.6 Å². The van der Waals surface area contributed by atoms with Gasteiger partial charge in [-0.05, 0) is 49.1 Å². The summed E-state index contributed by atoms with van der Waals surface area (Å²) in [6, 6.07) is 14.4. The minimum Gasteiger partial charge on any atom is -0.298 e. The first-order valence-electron chi connectivity index (χ1n) is 11.3. The molecule has 2 aromatic carbocycles. The van der Waals surface area contributed by atoms with Gasteiger partial charge in [0.2, 0.25) is 10.0 Å². The third kappa shape index (κ3) is 5.34. The number of aryl methyl sites for hydroxylation is 1. The fourth-order valence-electron chi connectivity index (χ4n) is 4.13. The van der Waals surface area contributed by atoms with Crippen LogP contribution in [0.15, 0.2) is 58.8 Å². The summed E-state index contributed by atoms with van der Waals surface area (Å²) in [7, 11) is -1.93. The summed E-state index contributed by atoms with van der Waals surface area (Å²) in [4.78, 5) is 17.4. The number of thiazole rings is 1. The summed E-state index contributed by atoms with van der Waals surface area (Å²) in [5.74, 6) is -0.318. The number of anilines is 1. The molecule has 0 radical (unpaired) electrons. The van der Waals surface area contributed by atoms with Gasteiger partial charge in [-0.15, -0.1) is 11.3 Å². The zero-order valence-electron chi connectivity index (χ0n) is 19.0. The number of rotatable bonds is 7. The van der Waals surface area contributed by atoms with E-state index in [1.165, 1.54) is 39.8 Å². The van der Waals surface area contributed by atoms with Crippen LogP contribution in [0.4, 0.5) is 5.13 Å². The van der Waals surface area contributed by atoms with Crippen LogP contribution in [-0.2, 0) is 16.4 Å². The Morgan fingerprint density at radius 1 is 1.06 bits per heavy atom. The summed E-state index contributed by atoms with van der Waals surface area (Å²) in [6.07, 6.45) is 6.07. The van der Waals surface area contributed by atoms with Crippen molar-refractivity contribution >= 4 is 32.4 Å². The van der Waals surface area contributed by atoms with Crippen molar-refractivity contribution in [2.24, 2.45) is 0 Å². The highest BCUT2D eigenvalue weighted by atomic mass is 32.2. The van der Waals surface area contributed by atoms with Gasteiger partial charge in [-0.2, -0.15) is 4.31 Å². The predicted molar refractivity (Wildman–Crippen MR) is 133 cm³/mol. The van der Waals surface area contributed by atoms with Gasteiger partial charge >= 0.3 is 0 Å². The first-order valence-corrected chi connectivity index (χ1v) is 13.6. The summed E-state index contributed by atoms with van der Waals surface area (Å²) >= 11 is 1.36. The molecule has 1 aromatic heterocycles. The maximum absolute atomic E-state index is 13.0. The molecular formula is C25H29N3O3S2. The molecule has 0 aliphatic heterocycles. The van der Waals surface area contributed by atoms with Crippen LogP contribution in [0.25, 0.3) is 11.3 Å². The molecule has 0 bridgehead atoms. The zero-order chi connectivity index (χ0) is 23.4. The number of carbonyl (C=O) groups is 1. The molecule has 0 spiro atoms. The topological polar surface area (TPSA) is 79.4 Å². The van der Waals surface area contributed by atoms with Crippen LogP contribution in [0.2, 0.25) is 0 Å². The van der Waals surface area contributed by atoms with E-state index in [4.69, 9.17) is 0 Å². The van der Waals surface area contributed by atoms with Crippen molar-refractivity contribution in [3.63, 3.8) is 0 Å². The van der Waals surface area contributed by atoms with Gasteiger partial charge in [0.05, 0.1) is 10.6 Å². The van der Waals surface area contributed by atoms with Gasteiger partial charge in [0.25, 0.3) is 5.91 Å². The SMILES string of the molecule is CCc1ccc(-c2csc(NC(=O)c3ccc(S(=O)(=O)N(C)C4CCCCC4)cc3)n2)cc1. The Hall–Kier alpha value is -2.55. The molecule has 174 valence electrons. The molecule has 1 heterocycles. The molecule has 1 fully saturated rings. The first kappa shape index (κ1) is 23.6. The standard InChI is InChI=1S/C25H29N3O3S2/c1-3-18-9-11-19(12-10-18)23-17-32-25(26-23)27-24(29)20-13-15-22(16-14-20)33(30,31)28(2)21-7-5-4-6-8-21/h9-17,21H,3-8H2,1-2H3,(H,26,27,29). The molecule has 8 heteroatoms. The predicted octanol–water partition coefficient (Wildman–Crippen LogP) is 5.58. The Balaban J connectivity index is 1.42. The van der Waals surface area contributed by atoms with Crippen LogP contribution in [0.3, 0.4) is 0 Å². The van der Waals surface area contributed by atoms with Crippen molar-refractivity contribution in [3.8, 4) is 11.3 Å². The number of hydrogen-bond acceptors (Lipinski definition) is 5. The van der Waals surface area contributed by atoms with Crippen LogP contribution in [0, 0.1) is 0 Å².